The summed E-state index contributed by atoms with van der Waals surface area (Å²) in [7, 11) is 0. The first-order valence-corrected chi connectivity index (χ1v) is 8.88. The fraction of sp³-hybridized carbons (Fsp3) is 0.909. The van der Waals surface area contributed by atoms with Gasteiger partial charge < -0.3 is 0 Å². The van der Waals surface area contributed by atoms with Gasteiger partial charge in [0.15, 0.2) is 0 Å². The second-order valence-corrected chi connectivity index (χ2v) is 6.74. The first kappa shape index (κ1) is 14.0. The van der Waals surface area contributed by atoms with Crippen LogP contribution in [0.3, 0.4) is 0 Å². The van der Waals surface area contributed by atoms with Crippen molar-refractivity contribution in [3.8, 4) is 0 Å². The van der Waals surface area contributed by atoms with E-state index in [-0.39, 0.29) is 33.2 Å². The Balaban J connectivity index is 2.33. The van der Waals surface area contributed by atoms with Gasteiger partial charge in [-0.1, -0.05) is 0 Å². The second-order valence-electron chi connectivity index (χ2n) is 5.04. The van der Waals surface area contributed by atoms with E-state index >= 15 is 0 Å². The number of ether oxygens (including phenoxy) is 1. The van der Waals surface area contributed by atoms with Crippen LogP contribution in [0.4, 0.5) is 4.79 Å². The molecule has 0 saturated carbocycles. The Morgan fingerprint density at radius 3 is 2.38 bits per heavy atom. The van der Waals surface area contributed by atoms with Gasteiger partial charge in [-0.3, -0.25) is 0 Å². The molecule has 0 bridgehead atoms. The molecular weight excluding hydrogens is 319 g/mol. The van der Waals surface area contributed by atoms with E-state index < -0.39 is 0 Å². The third kappa shape index (κ3) is 4.86. The number of carbonyl (C=O) groups excluding carboxylic acids is 1. The molecule has 4 nitrogen and oxygen atoms in total. The first-order valence-electron chi connectivity index (χ1n) is 5.64. The van der Waals surface area contributed by atoms with Crippen LogP contribution in [0.15, 0.2) is 0 Å². The molecule has 0 unspecified atom stereocenters. The molecule has 0 aliphatic carbocycles. The minimum atomic E-state index is -0.388. The molecule has 1 fully saturated rings. The van der Waals surface area contributed by atoms with Gasteiger partial charge in [-0.05, 0) is 0 Å². The quantitative estimate of drug-likeness (QED) is 0.382. The summed E-state index contributed by atoms with van der Waals surface area (Å²) in [6.45, 7) is 7.34. The Labute approximate surface area is 109 Å². The van der Waals surface area contributed by atoms with Gasteiger partial charge in [0.05, 0.1) is 0 Å². The number of rotatable bonds is 2. The van der Waals surface area contributed by atoms with E-state index in [9.17, 15) is 4.79 Å². The standard InChI is InChI=1S/C11H22IN2O2/c1-11(2,3)16-10(15)14-7-5-9(6-8-14)13-12-4/h9,13H,5-8H2,1-4H3/q-1. The maximum absolute atomic E-state index is 11.8. The molecule has 0 atom stereocenters. The molecule has 1 rings (SSSR count). The van der Waals surface area contributed by atoms with E-state index in [1.807, 2.05) is 25.7 Å². The molecule has 1 heterocycles. The van der Waals surface area contributed by atoms with Crippen molar-refractivity contribution in [3.63, 3.8) is 0 Å². The number of nitrogens with zero attached hydrogens (tertiary/aromatic N) is 1. The summed E-state index contributed by atoms with van der Waals surface area (Å²) in [4.78, 5) is 15.8. The first-order chi connectivity index (χ1) is 7.42. The van der Waals surface area contributed by atoms with Gasteiger partial charge in [-0.25, -0.2) is 0 Å². The molecular formula is C11H22IN2O2-. The van der Waals surface area contributed by atoms with Crippen LogP contribution >= 0.6 is 0 Å². The number of likely N-dealkylation sites (tertiary alicyclic amines) is 1. The van der Waals surface area contributed by atoms with Crippen LogP contribution in [0.25, 0.3) is 0 Å². The van der Waals surface area contributed by atoms with Crippen molar-refractivity contribution < 1.29 is 31.0 Å². The SMILES string of the molecule is C[I-]NC1CCN(C(=O)OC(C)(C)C)CC1. The van der Waals surface area contributed by atoms with Gasteiger partial charge in [-0.2, -0.15) is 0 Å². The number of carbonyl (C=O) groups is 1. The number of amides is 1. The van der Waals surface area contributed by atoms with Crippen molar-refractivity contribution in [2.24, 2.45) is 0 Å². The summed E-state index contributed by atoms with van der Waals surface area (Å²) in [6, 6.07) is 0.608. The van der Waals surface area contributed by atoms with E-state index in [4.69, 9.17) is 4.74 Å². The number of hydrogen-bond acceptors (Lipinski definition) is 3. The summed E-state index contributed by atoms with van der Waals surface area (Å²) >= 11 is 0.144. The van der Waals surface area contributed by atoms with Crippen LogP contribution in [0.5, 0.6) is 0 Å². The zero-order chi connectivity index (χ0) is 12.2. The minimum absolute atomic E-state index is 0.144. The molecule has 1 aliphatic rings. The Kier molecular flexibility index (Phi) is 5.30. The monoisotopic (exact) mass is 341 g/mol. The Morgan fingerprint density at radius 1 is 1.38 bits per heavy atom. The summed E-state index contributed by atoms with van der Waals surface area (Å²) in [5.74, 6) is 0. The van der Waals surface area contributed by atoms with Crippen molar-refractivity contribution in [2.45, 2.75) is 45.3 Å². The number of piperidine rings is 1. The molecule has 1 N–H and O–H groups in total. The summed E-state index contributed by atoms with van der Waals surface area (Å²) in [5, 5.41) is 0. The second kappa shape index (κ2) is 6.05. The van der Waals surface area contributed by atoms with E-state index in [1.165, 1.54) is 0 Å². The van der Waals surface area contributed by atoms with Gasteiger partial charge in [0.25, 0.3) is 0 Å². The average Bonchev–Trinajstić information content (AvgIpc) is 2.16. The predicted molar refractivity (Wildman–Crippen MR) is 59.9 cm³/mol. The average molecular weight is 341 g/mol. The predicted octanol–water partition coefficient (Wildman–Crippen LogP) is -1.39. The van der Waals surface area contributed by atoms with Crippen LogP contribution in [0.2, 0.25) is 0 Å². The van der Waals surface area contributed by atoms with Crippen molar-refractivity contribution in [2.75, 3.05) is 18.0 Å². The van der Waals surface area contributed by atoms with Gasteiger partial charge in [0.2, 0.25) is 0 Å². The van der Waals surface area contributed by atoms with Gasteiger partial charge in [-0.15, -0.1) is 0 Å². The van der Waals surface area contributed by atoms with Gasteiger partial charge in [0, 0.05) is 0 Å². The molecule has 0 spiro atoms. The molecule has 96 valence electrons. The van der Waals surface area contributed by atoms with Crippen LogP contribution in [-0.2, 0) is 4.74 Å². The van der Waals surface area contributed by atoms with Crippen molar-refractivity contribution in [3.05, 3.63) is 0 Å². The van der Waals surface area contributed by atoms with Crippen LogP contribution < -0.4 is 25.0 Å². The normalized spacial score (nSPS) is 18.9. The molecule has 1 saturated heterocycles. The maximum atomic E-state index is 11.8. The van der Waals surface area contributed by atoms with E-state index in [0.717, 1.165) is 25.9 Å². The summed E-state index contributed by atoms with van der Waals surface area (Å²) in [5.41, 5.74) is -0.388. The Hall–Kier alpha value is -0.0400. The van der Waals surface area contributed by atoms with Crippen molar-refractivity contribution in [1.29, 1.82) is 0 Å². The zero-order valence-corrected chi connectivity index (χ0v) is 12.7. The molecule has 0 aromatic heterocycles. The fourth-order valence-corrected chi connectivity index (χ4v) is 3.16. The molecule has 16 heavy (non-hydrogen) atoms. The topological polar surface area (TPSA) is 41.6 Å². The number of alkyl halides is 1. The molecule has 0 aromatic carbocycles. The van der Waals surface area contributed by atoms with Crippen LogP contribution in [0.1, 0.15) is 33.6 Å². The molecule has 0 aromatic rings. The summed E-state index contributed by atoms with van der Waals surface area (Å²) < 4.78 is 8.87. The summed E-state index contributed by atoms with van der Waals surface area (Å²) in [6.07, 6.45) is 1.93. The van der Waals surface area contributed by atoms with E-state index in [1.54, 1.807) is 0 Å². The molecule has 1 aliphatic heterocycles. The van der Waals surface area contributed by atoms with E-state index in [2.05, 4.69) is 8.46 Å². The number of hydrogen-bond donors (Lipinski definition) is 1. The van der Waals surface area contributed by atoms with Crippen molar-refractivity contribution in [1.82, 2.24) is 8.43 Å². The molecule has 0 radical (unpaired) electrons. The van der Waals surface area contributed by atoms with E-state index in [0.29, 0.717) is 6.04 Å². The molecule has 5 heteroatoms. The number of nitrogens with one attached hydrogen (secondary N) is 1. The van der Waals surface area contributed by atoms with Crippen LogP contribution in [0, 0.1) is 0 Å². The Bertz CT molecular complexity index is 233. The van der Waals surface area contributed by atoms with Gasteiger partial charge >= 0.3 is 109 Å². The molecule has 1 amide bonds. The van der Waals surface area contributed by atoms with Crippen LogP contribution in [-0.4, -0.2) is 40.7 Å². The number of halogens is 1. The van der Waals surface area contributed by atoms with Gasteiger partial charge in [0.1, 0.15) is 0 Å². The van der Waals surface area contributed by atoms with Crippen molar-refractivity contribution >= 4 is 6.09 Å². The zero-order valence-electron chi connectivity index (χ0n) is 10.5. The third-order valence-corrected chi connectivity index (χ3v) is 3.91. The fourth-order valence-electron chi connectivity index (χ4n) is 1.65. The Morgan fingerprint density at radius 2 is 1.94 bits per heavy atom. The third-order valence-electron chi connectivity index (χ3n) is 2.41.